The average molecular weight is 424 g/mol. The fraction of sp³-hybridized carbons (Fsp3) is 0.300. The van der Waals surface area contributed by atoms with E-state index in [2.05, 4.69) is 5.32 Å². The van der Waals surface area contributed by atoms with Gasteiger partial charge in [0.15, 0.2) is 0 Å². The maximum absolute atomic E-state index is 13.7. The molecular weight excluding hydrogens is 405 g/mol. The molecule has 3 atom stereocenters. The van der Waals surface area contributed by atoms with Gasteiger partial charge in [0.05, 0.1) is 12.6 Å². The predicted octanol–water partition coefficient (Wildman–Crippen LogP) is 3.26. The lowest BCUT2D eigenvalue weighted by atomic mass is 9.82. The summed E-state index contributed by atoms with van der Waals surface area (Å²) in [5.41, 5.74) is -3.69. The molecule has 0 aromatic heterocycles. The van der Waals surface area contributed by atoms with E-state index in [9.17, 15) is 27.9 Å². The highest BCUT2D eigenvalue weighted by molar-refractivity contribution is 5.83. The monoisotopic (exact) mass is 424 g/mol. The summed E-state index contributed by atoms with van der Waals surface area (Å²) in [4.78, 5) is 24.4. The number of halogens is 3. The number of para-hydroxylation sites is 1. The number of hydrogen-bond acceptors (Lipinski definition) is 5. The van der Waals surface area contributed by atoms with Gasteiger partial charge in [0.1, 0.15) is 17.4 Å². The first-order chi connectivity index (χ1) is 14.2. The van der Waals surface area contributed by atoms with Gasteiger partial charge in [-0.05, 0) is 36.8 Å². The molecule has 2 amide bonds. The molecular formula is C20H19F3N2O5. The highest BCUT2D eigenvalue weighted by atomic mass is 19.4. The van der Waals surface area contributed by atoms with Crippen molar-refractivity contribution >= 4 is 12.0 Å². The van der Waals surface area contributed by atoms with Crippen molar-refractivity contribution in [2.75, 3.05) is 6.61 Å². The zero-order chi connectivity index (χ0) is 21.9. The molecule has 0 spiro atoms. The van der Waals surface area contributed by atoms with Crippen LogP contribution in [0.15, 0.2) is 54.6 Å². The molecule has 1 aliphatic heterocycles. The number of nitrogens with one attached hydrogen (secondary N) is 2. The Hall–Kier alpha value is -3.27. The third kappa shape index (κ3) is 4.18. The Morgan fingerprint density at radius 3 is 2.43 bits per heavy atom. The van der Waals surface area contributed by atoms with Gasteiger partial charge in [-0.2, -0.15) is 13.2 Å². The number of urea groups is 1. The second-order valence-corrected chi connectivity index (χ2v) is 6.56. The molecule has 2 aromatic rings. The highest BCUT2D eigenvalue weighted by Crippen LogP contribution is 2.43. The molecule has 2 aromatic carbocycles. The molecule has 1 heterocycles. The van der Waals surface area contributed by atoms with Crippen molar-refractivity contribution in [3.63, 3.8) is 0 Å². The van der Waals surface area contributed by atoms with Gasteiger partial charge in [0.2, 0.25) is 0 Å². The Bertz CT molecular complexity index is 922. The highest BCUT2D eigenvalue weighted by Gasteiger charge is 2.67. The van der Waals surface area contributed by atoms with Gasteiger partial charge in [-0.15, -0.1) is 0 Å². The Morgan fingerprint density at radius 2 is 1.80 bits per heavy atom. The van der Waals surface area contributed by atoms with E-state index >= 15 is 0 Å². The van der Waals surface area contributed by atoms with E-state index in [1.54, 1.807) is 36.4 Å². The van der Waals surface area contributed by atoms with Crippen molar-refractivity contribution in [3.05, 3.63) is 60.2 Å². The Morgan fingerprint density at radius 1 is 1.13 bits per heavy atom. The second-order valence-electron chi connectivity index (χ2n) is 6.56. The number of alkyl halides is 3. The van der Waals surface area contributed by atoms with Crippen LogP contribution in [0, 0.1) is 5.92 Å². The van der Waals surface area contributed by atoms with E-state index in [4.69, 9.17) is 9.47 Å². The number of amides is 2. The molecule has 3 rings (SSSR count). The van der Waals surface area contributed by atoms with Crippen molar-refractivity contribution in [2.24, 2.45) is 5.92 Å². The third-order valence-electron chi connectivity index (χ3n) is 4.54. The third-order valence-corrected chi connectivity index (χ3v) is 4.54. The van der Waals surface area contributed by atoms with Crippen LogP contribution in [0.1, 0.15) is 18.5 Å². The molecule has 0 radical (unpaired) electrons. The van der Waals surface area contributed by atoms with E-state index < -0.39 is 35.9 Å². The van der Waals surface area contributed by atoms with E-state index in [0.717, 1.165) is 0 Å². The molecule has 0 unspecified atom stereocenters. The first-order valence-corrected chi connectivity index (χ1v) is 9.03. The van der Waals surface area contributed by atoms with Crippen LogP contribution in [0.2, 0.25) is 0 Å². The standard InChI is InChI=1S/C20H19F3N2O5/c1-2-29-17(26)15-16(24-18(27)25-19(15,28)20(21,22)23)12-7-6-10-14(11-12)30-13-8-4-3-5-9-13/h3-11,15-16,28H,2H2,1H3,(H2,24,25,27)/t15-,16-,19+/m0/s1. The fourth-order valence-electron chi connectivity index (χ4n) is 3.21. The summed E-state index contributed by atoms with van der Waals surface area (Å²) in [6.45, 7) is 1.21. The van der Waals surface area contributed by atoms with Crippen molar-refractivity contribution in [2.45, 2.75) is 24.9 Å². The maximum atomic E-state index is 13.7. The normalized spacial score (nSPS) is 23.8. The van der Waals surface area contributed by atoms with Crippen molar-refractivity contribution in [1.82, 2.24) is 10.6 Å². The van der Waals surface area contributed by atoms with Crippen molar-refractivity contribution in [3.8, 4) is 11.5 Å². The lowest BCUT2D eigenvalue weighted by Crippen LogP contribution is -2.73. The largest absolute Gasteiger partial charge is 0.466 e. The van der Waals surface area contributed by atoms with Crippen LogP contribution >= 0.6 is 0 Å². The summed E-state index contributed by atoms with van der Waals surface area (Å²) < 4.78 is 51.5. The molecule has 3 N–H and O–H groups in total. The van der Waals surface area contributed by atoms with Crippen LogP contribution in [0.5, 0.6) is 11.5 Å². The van der Waals surface area contributed by atoms with Gasteiger partial charge >= 0.3 is 18.2 Å². The van der Waals surface area contributed by atoms with Crippen LogP contribution in [-0.2, 0) is 9.53 Å². The molecule has 0 aliphatic carbocycles. The summed E-state index contributed by atoms with van der Waals surface area (Å²) in [5.74, 6) is -2.76. The number of carbonyl (C=O) groups excluding carboxylic acids is 2. The Kier molecular flexibility index (Phi) is 5.88. The molecule has 0 saturated carbocycles. The number of rotatable bonds is 5. The zero-order valence-electron chi connectivity index (χ0n) is 15.8. The summed E-state index contributed by atoms with van der Waals surface area (Å²) in [7, 11) is 0. The van der Waals surface area contributed by atoms with Crippen LogP contribution < -0.4 is 15.4 Å². The Balaban J connectivity index is 2.02. The zero-order valence-corrected chi connectivity index (χ0v) is 15.8. The summed E-state index contributed by atoms with van der Waals surface area (Å²) >= 11 is 0. The van der Waals surface area contributed by atoms with E-state index in [1.807, 2.05) is 0 Å². The first kappa shape index (κ1) is 21.4. The summed E-state index contributed by atoms with van der Waals surface area (Å²) in [5, 5.41) is 14.0. The van der Waals surface area contributed by atoms with Gasteiger partial charge in [-0.1, -0.05) is 30.3 Å². The molecule has 0 bridgehead atoms. The first-order valence-electron chi connectivity index (χ1n) is 9.03. The molecule has 30 heavy (non-hydrogen) atoms. The minimum Gasteiger partial charge on any atom is -0.466 e. The summed E-state index contributed by atoms with van der Waals surface area (Å²) in [6, 6.07) is 11.7. The second kappa shape index (κ2) is 8.23. The van der Waals surface area contributed by atoms with Crippen LogP contribution in [0.25, 0.3) is 0 Å². The molecule has 10 heteroatoms. The van der Waals surface area contributed by atoms with Crippen molar-refractivity contribution < 1.29 is 37.3 Å². The van der Waals surface area contributed by atoms with Gasteiger partial charge in [0, 0.05) is 0 Å². The van der Waals surface area contributed by atoms with Crippen LogP contribution in [0.3, 0.4) is 0 Å². The number of hydrogen-bond donors (Lipinski definition) is 3. The number of ether oxygens (including phenoxy) is 2. The smallest absolute Gasteiger partial charge is 0.437 e. The van der Waals surface area contributed by atoms with Gasteiger partial charge in [0.25, 0.3) is 5.72 Å². The van der Waals surface area contributed by atoms with Crippen molar-refractivity contribution in [1.29, 1.82) is 0 Å². The molecule has 1 aliphatic rings. The van der Waals surface area contributed by atoms with Gasteiger partial charge in [-0.25, -0.2) is 4.79 Å². The lowest BCUT2D eigenvalue weighted by molar-refractivity contribution is -0.294. The van der Waals surface area contributed by atoms with Gasteiger partial charge < -0.3 is 25.2 Å². The number of carbonyl (C=O) groups is 2. The van der Waals surface area contributed by atoms with Crippen LogP contribution in [-0.4, -0.2) is 35.6 Å². The maximum Gasteiger partial charge on any atom is 0.437 e. The summed E-state index contributed by atoms with van der Waals surface area (Å²) in [6.07, 6.45) is -5.33. The topological polar surface area (TPSA) is 96.9 Å². The van der Waals surface area contributed by atoms with Crippen LogP contribution in [0.4, 0.5) is 18.0 Å². The molecule has 1 fully saturated rings. The quantitative estimate of drug-likeness (QED) is 0.641. The minimum atomic E-state index is -5.33. The van der Waals surface area contributed by atoms with E-state index in [0.29, 0.717) is 5.75 Å². The van der Waals surface area contributed by atoms with E-state index in [-0.39, 0.29) is 17.9 Å². The molecule has 1 saturated heterocycles. The Labute approximate surface area is 169 Å². The fourth-order valence-corrected chi connectivity index (χ4v) is 3.21. The van der Waals surface area contributed by atoms with Gasteiger partial charge in [-0.3, -0.25) is 4.79 Å². The average Bonchev–Trinajstić information content (AvgIpc) is 2.67. The SMILES string of the molecule is CCOC(=O)[C@@H]1[C@H](c2cccc(Oc3ccccc3)c2)NC(=O)N[C@]1(O)C(F)(F)F. The number of esters is 1. The minimum absolute atomic E-state index is 0.124. The van der Waals surface area contributed by atoms with E-state index in [1.165, 1.54) is 30.4 Å². The lowest BCUT2D eigenvalue weighted by Gasteiger charge is -2.44. The number of benzene rings is 2. The predicted molar refractivity (Wildman–Crippen MR) is 98.5 cm³/mol. The molecule has 160 valence electrons. The number of aliphatic hydroxyl groups is 1. The molecule has 7 nitrogen and oxygen atoms in total.